The van der Waals surface area contributed by atoms with Gasteiger partial charge in [-0.2, -0.15) is 0 Å². The predicted octanol–water partition coefficient (Wildman–Crippen LogP) is 6.18. The Balaban J connectivity index is 1.67. The van der Waals surface area contributed by atoms with Gasteiger partial charge in [-0.05, 0) is 48.4 Å². The zero-order chi connectivity index (χ0) is 19.8. The van der Waals surface area contributed by atoms with Crippen LogP contribution in [0.25, 0.3) is 23.4 Å². The van der Waals surface area contributed by atoms with E-state index in [2.05, 4.69) is 25.1 Å². The lowest BCUT2D eigenvalue weighted by Gasteiger charge is -2.08. The number of thiazole rings is 1. The van der Waals surface area contributed by atoms with E-state index in [0.717, 1.165) is 47.0 Å². The Labute approximate surface area is 170 Å². The summed E-state index contributed by atoms with van der Waals surface area (Å²) in [5.74, 6) is 2.32. The monoisotopic (exact) mass is 395 g/mol. The van der Waals surface area contributed by atoms with Crippen molar-refractivity contribution in [2.24, 2.45) is 0 Å². The molecule has 0 unspecified atom stereocenters. The van der Waals surface area contributed by atoms with Crippen LogP contribution in [0.2, 0.25) is 0 Å². The Bertz CT molecular complexity index is 916. The summed E-state index contributed by atoms with van der Waals surface area (Å²) in [6, 6.07) is 14.0. The standard InChI is InChI=1S/C23H25NO3S/c1-4-5-14-27-19-10-6-17(7-11-19)8-13-23-24-20(16-28-23)18-9-12-21(25-2)22(15-18)26-3/h6-13,15-16H,4-5,14H2,1-3H3/b13-8+. The molecule has 0 atom stereocenters. The first-order chi connectivity index (χ1) is 13.7. The fourth-order valence-electron chi connectivity index (χ4n) is 2.67. The molecule has 0 bridgehead atoms. The van der Waals surface area contributed by atoms with Crippen molar-refractivity contribution in [1.29, 1.82) is 0 Å². The molecular weight excluding hydrogens is 370 g/mol. The molecule has 1 aromatic heterocycles. The Morgan fingerprint density at radius 1 is 0.964 bits per heavy atom. The lowest BCUT2D eigenvalue weighted by atomic mass is 10.1. The van der Waals surface area contributed by atoms with E-state index in [0.29, 0.717) is 11.5 Å². The van der Waals surface area contributed by atoms with E-state index in [1.807, 2.05) is 41.8 Å². The number of nitrogens with zero attached hydrogens (tertiary/aromatic N) is 1. The second kappa shape index (κ2) is 9.95. The predicted molar refractivity (Wildman–Crippen MR) is 116 cm³/mol. The number of unbranched alkanes of at least 4 members (excludes halogenated alkanes) is 1. The second-order valence-electron chi connectivity index (χ2n) is 6.25. The van der Waals surface area contributed by atoms with Crippen molar-refractivity contribution in [2.75, 3.05) is 20.8 Å². The van der Waals surface area contributed by atoms with Crippen LogP contribution in [-0.4, -0.2) is 25.8 Å². The summed E-state index contributed by atoms with van der Waals surface area (Å²) >= 11 is 1.61. The van der Waals surface area contributed by atoms with Gasteiger partial charge in [0.2, 0.25) is 0 Å². The molecule has 28 heavy (non-hydrogen) atoms. The van der Waals surface area contributed by atoms with E-state index in [-0.39, 0.29) is 0 Å². The molecule has 0 saturated heterocycles. The van der Waals surface area contributed by atoms with Crippen LogP contribution >= 0.6 is 11.3 Å². The molecule has 4 nitrogen and oxygen atoms in total. The lowest BCUT2D eigenvalue weighted by Crippen LogP contribution is -1.95. The van der Waals surface area contributed by atoms with Gasteiger partial charge in [-0.25, -0.2) is 4.98 Å². The van der Waals surface area contributed by atoms with Gasteiger partial charge in [-0.3, -0.25) is 0 Å². The van der Waals surface area contributed by atoms with Crippen LogP contribution in [0.5, 0.6) is 17.2 Å². The highest BCUT2D eigenvalue weighted by molar-refractivity contribution is 7.10. The molecule has 0 saturated carbocycles. The van der Waals surface area contributed by atoms with Crippen molar-refractivity contribution in [3.8, 4) is 28.5 Å². The van der Waals surface area contributed by atoms with E-state index in [1.54, 1.807) is 25.6 Å². The highest BCUT2D eigenvalue weighted by atomic mass is 32.1. The van der Waals surface area contributed by atoms with Crippen LogP contribution in [0.3, 0.4) is 0 Å². The number of hydrogen-bond acceptors (Lipinski definition) is 5. The van der Waals surface area contributed by atoms with Crippen LogP contribution in [0.4, 0.5) is 0 Å². The maximum atomic E-state index is 5.70. The Morgan fingerprint density at radius 2 is 1.75 bits per heavy atom. The highest BCUT2D eigenvalue weighted by Crippen LogP contribution is 2.33. The zero-order valence-corrected chi connectivity index (χ0v) is 17.3. The van der Waals surface area contributed by atoms with E-state index < -0.39 is 0 Å². The molecule has 3 aromatic rings. The van der Waals surface area contributed by atoms with Crippen LogP contribution < -0.4 is 14.2 Å². The molecule has 2 aromatic carbocycles. The Kier molecular flexibility index (Phi) is 7.09. The van der Waals surface area contributed by atoms with Crippen LogP contribution in [-0.2, 0) is 0 Å². The number of methoxy groups -OCH3 is 2. The van der Waals surface area contributed by atoms with Crippen molar-refractivity contribution < 1.29 is 14.2 Å². The largest absolute Gasteiger partial charge is 0.494 e. The molecular formula is C23H25NO3S. The summed E-state index contributed by atoms with van der Waals surface area (Å²) in [5.41, 5.74) is 3.04. The van der Waals surface area contributed by atoms with Gasteiger partial charge < -0.3 is 14.2 Å². The molecule has 1 heterocycles. The zero-order valence-electron chi connectivity index (χ0n) is 16.5. The normalized spacial score (nSPS) is 11.0. The third kappa shape index (κ3) is 5.14. The lowest BCUT2D eigenvalue weighted by molar-refractivity contribution is 0.309. The van der Waals surface area contributed by atoms with Gasteiger partial charge >= 0.3 is 0 Å². The summed E-state index contributed by atoms with van der Waals surface area (Å²) in [4.78, 5) is 4.70. The van der Waals surface area contributed by atoms with Crippen molar-refractivity contribution >= 4 is 23.5 Å². The first kappa shape index (κ1) is 20.0. The molecule has 0 fully saturated rings. The van der Waals surface area contributed by atoms with E-state index in [9.17, 15) is 0 Å². The van der Waals surface area contributed by atoms with Gasteiger partial charge in [0.15, 0.2) is 11.5 Å². The van der Waals surface area contributed by atoms with Crippen LogP contribution in [0.1, 0.15) is 30.3 Å². The highest BCUT2D eigenvalue weighted by Gasteiger charge is 2.08. The topological polar surface area (TPSA) is 40.6 Å². The number of benzene rings is 2. The third-order valence-electron chi connectivity index (χ3n) is 4.27. The van der Waals surface area contributed by atoms with Crippen molar-refractivity contribution in [1.82, 2.24) is 4.98 Å². The van der Waals surface area contributed by atoms with Crippen molar-refractivity contribution in [2.45, 2.75) is 19.8 Å². The summed E-state index contributed by atoms with van der Waals surface area (Å²) in [7, 11) is 3.27. The third-order valence-corrected chi connectivity index (χ3v) is 5.08. The van der Waals surface area contributed by atoms with E-state index >= 15 is 0 Å². The molecule has 0 aliphatic heterocycles. The first-order valence-electron chi connectivity index (χ1n) is 9.32. The fraction of sp³-hybridized carbons (Fsp3) is 0.261. The number of ether oxygens (including phenoxy) is 3. The molecule has 146 valence electrons. The second-order valence-corrected chi connectivity index (χ2v) is 7.13. The number of aromatic nitrogens is 1. The van der Waals surface area contributed by atoms with Gasteiger partial charge in [-0.1, -0.05) is 31.6 Å². The molecule has 3 rings (SSSR count). The average molecular weight is 396 g/mol. The van der Waals surface area contributed by atoms with E-state index in [4.69, 9.17) is 19.2 Å². The Hall–Kier alpha value is -2.79. The van der Waals surface area contributed by atoms with Gasteiger partial charge in [0.1, 0.15) is 10.8 Å². The van der Waals surface area contributed by atoms with Crippen molar-refractivity contribution in [3.05, 3.63) is 58.4 Å². The average Bonchev–Trinajstić information content (AvgIpc) is 3.22. The minimum absolute atomic E-state index is 0.700. The molecule has 0 aliphatic rings. The molecule has 0 spiro atoms. The van der Waals surface area contributed by atoms with Crippen LogP contribution in [0, 0.1) is 0 Å². The summed E-state index contributed by atoms with van der Waals surface area (Å²) in [6.45, 7) is 2.93. The Morgan fingerprint density at radius 3 is 2.46 bits per heavy atom. The smallest absolute Gasteiger partial charge is 0.161 e. The summed E-state index contributed by atoms with van der Waals surface area (Å²) < 4.78 is 16.4. The molecule has 0 N–H and O–H groups in total. The number of rotatable bonds is 9. The van der Waals surface area contributed by atoms with Gasteiger partial charge in [-0.15, -0.1) is 11.3 Å². The van der Waals surface area contributed by atoms with Gasteiger partial charge in [0, 0.05) is 10.9 Å². The molecule has 5 heteroatoms. The van der Waals surface area contributed by atoms with Gasteiger partial charge in [0.25, 0.3) is 0 Å². The SMILES string of the molecule is CCCCOc1ccc(/C=C/c2nc(-c3ccc(OC)c(OC)c3)cs2)cc1. The van der Waals surface area contributed by atoms with E-state index in [1.165, 1.54) is 0 Å². The minimum Gasteiger partial charge on any atom is -0.494 e. The maximum Gasteiger partial charge on any atom is 0.161 e. The van der Waals surface area contributed by atoms with Gasteiger partial charge in [0.05, 0.1) is 26.5 Å². The molecule has 0 aliphatic carbocycles. The quantitative estimate of drug-likeness (QED) is 0.406. The van der Waals surface area contributed by atoms with Crippen LogP contribution in [0.15, 0.2) is 47.8 Å². The minimum atomic E-state index is 0.700. The van der Waals surface area contributed by atoms with Crippen molar-refractivity contribution in [3.63, 3.8) is 0 Å². The molecule has 0 amide bonds. The summed E-state index contributed by atoms with van der Waals surface area (Å²) in [5, 5.41) is 3.00. The first-order valence-corrected chi connectivity index (χ1v) is 10.2. The fourth-order valence-corrected chi connectivity index (χ4v) is 3.39. The molecule has 0 radical (unpaired) electrons. The maximum absolute atomic E-state index is 5.70. The number of hydrogen-bond donors (Lipinski definition) is 0. The summed E-state index contributed by atoms with van der Waals surface area (Å²) in [6.07, 6.45) is 6.31.